The van der Waals surface area contributed by atoms with Crippen LogP contribution in [-0.4, -0.2) is 22.4 Å². The van der Waals surface area contributed by atoms with Crippen molar-refractivity contribution in [2.45, 2.75) is 19.8 Å². The van der Waals surface area contributed by atoms with E-state index in [0.29, 0.717) is 12.1 Å². The highest BCUT2D eigenvalue weighted by molar-refractivity contribution is 5.94. The maximum Gasteiger partial charge on any atom is 0.254 e. The third kappa shape index (κ3) is 3.40. The van der Waals surface area contributed by atoms with Crippen molar-refractivity contribution in [2.75, 3.05) is 6.54 Å². The molecule has 0 atom stereocenters. The molecule has 2 aromatic rings. The van der Waals surface area contributed by atoms with Gasteiger partial charge in [0.2, 0.25) is 0 Å². The van der Waals surface area contributed by atoms with Crippen LogP contribution in [0.15, 0.2) is 30.6 Å². The summed E-state index contributed by atoms with van der Waals surface area (Å²) in [5.41, 5.74) is 0.571. The number of rotatable bonds is 5. The number of nitrogens with one attached hydrogen (secondary N) is 2. The monoisotopic (exact) mass is 261 g/mol. The molecule has 0 saturated heterocycles. The van der Waals surface area contributed by atoms with Crippen LogP contribution < -0.4 is 5.32 Å². The first-order valence-electron chi connectivity index (χ1n) is 6.20. The van der Waals surface area contributed by atoms with Gasteiger partial charge in [-0.15, -0.1) is 0 Å². The molecule has 1 heterocycles. The normalized spacial score (nSPS) is 10.4. The van der Waals surface area contributed by atoms with E-state index in [1.807, 2.05) is 0 Å². The molecule has 0 aliphatic rings. The SMILES string of the molecule is Cc1cccc(C(=O)NCCCc2ncc[nH]2)c1F. The van der Waals surface area contributed by atoms with E-state index >= 15 is 0 Å². The second kappa shape index (κ2) is 6.13. The Balaban J connectivity index is 1.83. The molecule has 0 aliphatic heterocycles. The average molecular weight is 261 g/mol. The van der Waals surface area contributed by atoms with Gasteiger partial charge in [0.25, 0.3) is 5.91 Å². The van der Waals surface area contributed by atoms with Crippen molar-refractivity contribution >= 4 is 5.91 Å². The number of halogens is 1. The van der Waals surface area contributed by atoms with Crippen molar-refractivity contribution in [1.29, 1.82) is 0 Å². The summed E-state index contributed by atoms with van der Waals surface area (Å²) in [6.45, 7) is 2.13. The van der Waals surface area contributed by atoms with Crippen LogP contribution in [0, 0.1) is 12.7 Å². The molecule has 100 valence electrons. The fourth-order valence-electron chi connectivity index (χ4n) is 1.81. The number of aromatic nitrogens is 2. The fourth-order valence-corrected chi connectivity index (χ4v) is 1.81. The van der Waals surface area contributed by atoms with E-state index in [-0.39, 0.29) is 11.5 Å². The molecular weight excluding hydrogens is 245 g/mol. The summed E-state index contributed by atoms with van der Waals surface area (Å²) in [5.74, 6) is 0.0580. The first kappa shape index (κ1) is 13.3. The van der Waals surface area contributed by atoms with E-state index in [0.717, 1.165) is 18.7 Å². The minimum atomic E-state index is -0.453. The zero-order valence-corrected chi connectivity index (χ0v) is 10.7. The van der Waals surface area contributed by atoms with Gasteiger partial charge in [0.1, 0.15) is 11.6 Å². The van der Waals surface area contributed by atoms with Crippen molar-refractivity contribution in [3.63, 3.8) is 0 Å². The molecule has 0 spiro atoms. The molecule has 19 heavy (non-hydrogen) atoms. The summed E-state index contributed by atoms with van der Waals surface area (Å²) in [6, 6.07) is 4.81. The standard InChI is InChI=1S/C14H16FN3O/c1-10-4-2-5-11(13(10)15)14(19)18-7-3-6-12-16-8-9-17-12/h2,4-5,8-9H,3,6-7H2,1H3,(H,16,17)(H,18,19). The molecule has 4 nitrogen and oxygen atoms in total. The van der Waals surface area contributed by atoms with Crippen molar-refractivity contribution < 1.29 is 9.18 Å². The first-order valence-corrected chi connectivity index (χ1v) is 6.20. The van der Waals surface area contributed by atoms with Crippen LogP contribution in [0.1, 0.15) is 28.2 Å². The van der Waals surface area contributed by atoms with Gasteiger partial charge < -0.3 is 10.3 Å². The predicted octanol–water partition coefficient (Wildman–Crippen LogP) is 2.22. The third-order valence-corrected chi connectivity index (χ3v) is 2.87. The molecule has 0 unspecified atom stereocenters. The van der Waals surface area contributed by atoms with Crippen LogP contribution in [0.25, 0.3) is 0 Å². The maximum absolute atomic E-state index is 13.7. The number of carbonyl (C=O) groups excluding carboxylic acids is 1. The number of hydrogen-bond acceptors (Lipinski definition) is 2. The number of amides is 1. The number of nitrogens with zero attached hydrogens (tertiary/aromatic N) is 1. The van der Waals surface area contributed by atoms with Crippen LogP contribution in [-0.2, 0) is 6.42 Å². The molecule has 0 bridgehead atoms. The van der Waals surface area contributed by atoms with Gasteiger partial charge in [-0.3, -0.25) is 4.79 Å². The summed E-state index contributed by atoms with van der Waals surface area (Å²) in [7, 11) is 0. The van der Waals surface area contributed by atoms with Crippen LogP contribution in [0.3, 0.4) is 0 Å². The second-order valence-corrected chi connectivity index (χ2v) is 4.33. The number of imidazole rings is 1. The molecule has 2 N–H and O–H groups in total. The highest BCUT2D eigenvalue weighted by atomic mass is 19.1. The van der Waals surface area contributed by atoms with Crippen molar-refractivity contribution in [2.24, 2.45) is 0 Å². The van der Waals surface area contributed by atoms with Crippen LogP contribution >= 0.6 is 0 Å². The number of benzene rings is 1. The molecule has 1 aromatic heterocycles. The van der Waals surface area contributed by atoms with E-state index < -0.39 is 5.82 Å². The molecule has 1 aromatic carbocycles. The van der Waals surface area contributed by atoms with Crippen LogP contribution in [0.4, 0.5) is 4.39 Å². The van der Waals surface area contributed by atoms with E-state index in [9.17, 15) is 9.18 Å². The van der Waals surface area contributed by atoms with Gasteiger partial charge in [-0.2, -0.15) is 0 Å². The van der Waals surface area contributed by atoms with E-state index in [1.54, 1.807) is 31.5 Å². The topological polar surface area (TPSA) is 57.8 Å². The van der Waals surface area contributed by atoms with Gasteiger partial charge in [0, 0.05) is 25.4 Å². The molecular formula is C14H16FN3O. The smallest absolute Gasteiger partial charge is 0.254 e. The highest BCUT2D eigenvalue weighted by Gasteiger charge is 2.12. The lowest BCUT2D eigenvalue weighted by atomic mass is 10.1. The van der Waals surface area contributed by atoms with Gasteiger partial charge in [-0.1, -0.05) is 12.1 Å². The zero-order valence-electron chi connectivity index (χ0n) is 10.7. The highest BCUT2D eigenvalue weighted by Crippen LogP contribution is 2.11. The molecule has 1 amide bonds. The Morgan fingerprint density at radius 2 is 2.32 bits per heavy atom. The van der Waals surface area contributed by atoms with Crippen LogP contribution in [0.2, 0.25) is 0 Å². The lowest BCUT2D eigenvalue weighted by Crippen LogP contribution is -2.26. The Hall–Kier alpha value is -2.17. The molecule has 0 saturated carbocycles. The Bertz CT molecular complexity index is 552. The number of carbonyl (C=O) groups is 1. The quantitative estimate of drug-likeness (QED) is 0.811. The molecule has 0 fully saturated rings. The maximum atomic E-state index is 13.7. The third-order valence-electron chi connectivity index (χ3n) is 2.87. The predicted molar refractivity (Wildman–Crippen MR) is 70.4 cm³/mol. The lowest BCUT2D eigenvalue weighted by molar-refractivity contribution is 0.0949. The van der Waals surface area contributed by atoms with E-state index in [1.165, 1.54) is 6.07 Å². The number of hydrogen-bond donors (Lipinski definition) is 2. The summed E-state index contributed by atoms with van der Waals surface area (Å²) >= 11 is 0. The molecule has 5 heteroatoms. The number of aryl methyl sites for hydroxylation is 2. The summed E-state index contributed by atoms with van der Waals surface area (Å²) < 4.78 is 13.7. The lowest BCUT2D eigenvalue weighted by Gasteiger charge is -2.06. The van der Waals surface area contributed by atoms with Gasteiger partial charge in [0.15, 0.2) is 0 Å². The first-order chi connectivity index (χ1) is 9.18. The van der Waals surface area contributed by atoms with E-state index in [4.69, 9.17) is 0 Å². The largest absolute Gasteiger partial charge is 0.352 e. The van der Waals surface area contributed by atoms with Crippen molar-refractivity contribution in [3.8, 4) is 0 Å². The van der Waals surface area contributed by atoms with Gasteiger partial charge in [-0.05, 0) is 25.0 Å². The Morgan fingerprint density at radius 1 is 1.47 bits per heavy atom. The Morgan fingerprint density at radius 3 is 3.05 bits per heavy atom. The Kier molecular flexibility index (Phi) is 4.28. The summed E-state index contributed by atoms with van der Waals surface area (Å²) in [4.78, 5) is 18.9. The second-order valence-electron chi connectivity index (χ2n) is 4.33. The summed E-state index contributed by atoms with van der Waals surface area (Å²) in [6.07, 6.45) is 4.96. The average Bonchev–Trinajstić information content (AvgIpc) is 2.91. The number of H-pyrrole nitrogens is 1. The van der Waals surface area contributed by atoms with Gasteiger partial charge >= 0.3 is 0 Å². The zero-order chi connectivity index (χ0) is 13.7. The van der Waals surface area contributed by atoms with Crippen molar-refractivity contribution in [1.82, 2.24) is 15.3 Å². The van der Waals surface area contributed by atoms with Crippen molar-refractivity contribution in [3.05, 3.63) is 53.4 Å². The Labute approximate surface area is 111 Å². The fraction of sp³-hybridized carbons (Fsp3) is 0.286. The number of aromatic amines is 1. The van der Waals surface area contributed by atoms with Gasteiger partial charge in [-0.25, -0.2) is 9.37 Å². The van der Waals surface area contributed by atoms with Crippen LogP contribution in [0.5, 0.6) is 0 Å². The minimum Gasteiger partial charge on any atom is -0.352 e. The van der Waals surface area contributed by atoms with E-state index in [2.05, 4.69) is 15.3 Å². The van der Waals surface area contributed by atoms with Gasteiger partial charge in [0.05, 0.1) is 5.56 Å². The molecule has 2 rings (SSSR count). The molecule has 0 radical (unpaired) electrons. The molecule has 0 aliphatic carbocycles. The summed E-state index contributed by atoms with van der Waals surface area (Å²) in [5, 5.41) is 2.71. The minimum absolute atomic E-state index is 0.0954.